The molecule has 0 spiro atoms. The van der Waals surface area contributed by atoms with Crippen molar-refractivity contribution in [2.24, 2.45) is 0 Å². The van der Waals surface area contributed by atoms with Gasteiger partial charge in [0, 0.05) is 11.3 Å². The number of aromatic nitrogens is 4. The second-order valence-electron chi connectivity index (χ2n) is 4.46. The lowest BCUT2D eigenvalue weighted by Crippen LogP contribution is -2.11. The van der Waals surface area contributed by atoms with Crippen LogP contribution in [-0.4, -0.2) is 32.6 Å². The maximum atomic E-state index is 11.9. The van der Waals surface area contributed by atoms with Crippen molar-refractivity contribution in [3.8, 4) is 0 Å². The van der Waals surface area contributed by atoms with Crippen LogP contribution in [0.25, 0.3) is 0 Å². The molecule has 0 amide bonds. The molecule has 0 N–H and O–H groups in total. The molecular weight excluding hydrogens is 264 g/mol. The Morgan fingerprint density at radius 3 is 3.05 bits per heavy atom. The van der Waals surface area contributed by atoms with E-state index >= 15 is 0 Å². The summed E-state index contributed by atoms with van der Waals surface area (Å²) in [4.78, 5) is 16.1. The van der Waals surface area contributed by atoms with Crippen molar-refractivity contribution in [2.45, 2.75) is 32.2 Å². The Morgan fingerprint density at radius 2 is 2.42 bits per heavy atom. The van der Waals surface area contributed by atoms with E-state index in [9.17, 15) is 4.79 Å². The van der Waals surface area contributed by atoms with E-state index in [4.69, 9.17) is 4.74 Å². The molecule has 0 radical (unpaired) electrons. The maximum absolute atomic E-state index is 11.9. The largest absolute Gasteiger partial charge is 0.461 e. The summed E-state index contributed by atoms with van der Waals surface area (Å²) in [6, 6.07) is 0. The Labute approximate surface area is 114 Å². The highest BCUT2D eigenvalue weighted by Crippen LogP contribution is 2.41. The molecule has 0 aromatic carbocycles. The van der Waals surface area contributed by atoms with Crippen molar-refractivity contribution in [2.75, 3.05) is 6.61 Å². The van der Waals surface area contributed by atoms with E-state index < -0.39 is 0 Å². The van der Waals surface area contributed by atoms with Crippen molar-refractivity contribution < 1.29 is 9.53 Å². The lowest BCUT2D eigenvalue weighted by molar-refractivity contribution is 0.0518. The zero-order valence-electron chi connectivity index (χ0n) is 10.6. The first-order valence-electron chi connectivity index (χ1n) is 6.27. The predicted molar refractivity (Wildman–Crippen MR) is 69.2 cm³/mol. The average molecular weight is 278 g/mol. The van der Waals surface area contributed by atoms with Crippen LogP contribution in [0.1, 0.15) is 47.6 Å². The standard InChI is InChI=1S/C12H14N4O2S/c1-2-18-12(17)10-11(8-3-4-8)16(15-14-10)5-9-6-19-7-13-9/h6-8H,2-5H2,1H3. The van der Waals surface area contributed by atoms with E-state index in [0.29, 0.717) is 24.8 Å². The van der Waals surface area contributed by atoms with Crippen LogP contribution in [-0.2, 0) is 11.3 Å². The van der Waals surface area contributed by atoms with Crippen molar-refractivity contribution in [1.29, 1.82) is 0 Å². The number of hydrogen-bond acceptors (Lipinski definition) is 6. The van der Waals surface area contributed by atoms with Gasteiger partial charge in [-0.3, -0.25) is 0 Å². The van der Waals surface area contributed by atoms with Gasteiger partial charge in [0.2, 0.25) is 0 Å². The molecule has 7 heteroatoms. The quantitative estimate of drug-likeness (QED) is 0.780. The van der Waals surface area contributed by atoms with Gasteiger partial charge in [0.1, 0.15) is 0 Å². The molecule has 2 aromatic rings. The summed E-state index contributed by atoms with van der Waals surface area (Å²) in [6.45, 7) is 2.69. The van der Waals surface area contributed by atoms with Crippen LogP contribution in [0.15, 0.2) is 10.9 Å². The number of hydrogen-bond donors (Lipinski definition) is 0. The molecule has 0 aliphatic heterocycles. The molecule has 2 aromatic heterocycles. The number of carbonyl (C=O) groups excluding carboxylic acids is 1. The predicted octanol–water partition coefficient (Wildman–Crippen LogP) is 1.84. The third-order valence-corrected chi connectivity index (χ3v) is 3.64. The smallest absolute Gasteiger partial charge is 0.360 e. The zero-order chi connectivity index (χ0) is 13.2. The summed E-state index contributed by atoms with van der Waals surface area (Å²) in [5, 5.41) is 10.1. The van der Waals surface area contributed by atoms with Gasteiger partial charge in [-0.15, -0.1) is 16.4 Å². The number of carbonyl (C=O) groups is 1. The van der Waals surface area contributed by atoms with Crippen molar-refractivity contribution in [1.82, 2.24) is 20.0 Å². The lowest BCUT2D eigenvalue weighted by Gasteiger charge is -2.05. The summed E-state index contributed by atoms with van der Waals surface area (Å²) in [5.41, 5.74) is 3.98. The third kappa shape index (κ3) is 2.51. The molecule has 0 atom stereocenters. The molecule has 6 nitrogen and oxygen atoms in total. The Hall–Kier alpha value is -1.76. The first-order chi connectivity index (χ1) is 9.29. The second-order valence-corrected chi connectivity index (χ2v) is 5.17. The van der Waals surface area contributed by atoms with Gasteiger partial charge in [-0.05, 0) is 19.8 Å². The van der Waals surface area contributed by atoms with Gasteiger partial charge >= 0.3 is 5.97 Å². The van der Waals surface area contributed by atoms with E-state index in [0.717, 1.165) is 24.2 Å². The van der Waals surface area contributed by atoms with Crippen LogP contribution in [0.2, 0.25) is 0 Å². The topological polar surface area (TPSA) is 69.9 Å². The molecule has 0 bridgehead atoms. The van der Waals surface area contributed by atoms with Gasteiger partial charge in [-0.2, -0.15) is 0 Å². The summed E-state index contributed by atoms with van der Waals surface area (Å²) in [7, 11) is 0. The van der Waals surface area contributed by atoms with Gasteiger partial charge in [0.15, 0.2) is 5.69 Å². The second kappa shape index (κ2) is 5.08. The van der Waals surface area contributed by atoms with E-state index in [1.807, 2.05) is 5.38 Å². The van der Waals surface area contributed by atoms with Crippen LogP contribution in [0, 0.1) is 0 Å². The molecule has 19 heavy (non-hydrogen) atoms. The Kier molecular flexibility index (Phi) is 3.29. The fourth-order valence-corrected chi connectivity index (χ4v) is 2.56. The third-order valence-electron chi connectivity index (χ3n) is 3.00. The normalized spacial score (nSPS) is 14.6. The Balaban J connectivity index is 1.90. The molecule has 100 valence electrons. The van der Waals surface area contributed by atoms with Gasteiger partial charge in [0.25, 0.3) is 0 Å². The number of rotatable bonds is 5. The van der Waals surface area contributed by atoms with E-state index in [-0.39, 0.29) is 5.97 Å². The molecule has 0 unspecified atom stereocenters. The molecule has 2 heterocycles. The van der Waals surface area contributed by atoms with E-state index in [1.165, 1.54) is 0 Å². The molecule has 1 fully saturated rings. The minimum absolute atomic E-state index is 0.349. The number of nitrogens with zero attached hydrogens (tertiary/aromatic N) is 4. The van der Waals surface area contributed by atoms with Crippen LogP contribution in [0.3, 0.4) is 0 Å². The van der Waals surface area contributed by atoms with Crippen LogP contribution < -0.4 is 0 Å². The fraction of sp³-hybridized carbons (Fsp3) is 0.500. The highest BCUT2D eigenvalue weighted by Gasteiger charge is 2.34. The highest BCUT2D eigenvalue weighted by atomic mass is 32.1. The summed E-state index contributed by atoms with van der Waals surface area (Å²) < 4.78 is 6.80. The SMILES string of the molecule is CCOC(=O)c1nnn(Cc2cscn2)c1C1CC1. The average Bonchev–Trinajstić information content (AvgIpc) is 2.95. The minimum Gasteiger partial charge on any atom is -0.461 e. The summed E-state index contributed by atoms with van der Waals surface area (Å²) in [5.74, 6) is 0.00182. The van der Waals surface area contributed by atoms with Gasteiger partial charge in [-0.25, -0.2) is 14.5 Å². The van der Waals surface area contributed by atoms with E-state index in [2.05, 4.69) is 15.3 Å². The molecule has 1 saturated carbocycles. The Morgan fingerprint density at radius 1 is 1.58 bits per heavy atom. The zero-order valence-corrected chi connectivity index (χ0v) is 11.4. The molecule has 1 aliphatic carbocycles. The number of esters is 1. The minimum atomic E-state index is -0.381. The first-order valence-corrected chi connectivity index (χ1v) is 7.21. The van der Waals surface area contributed by atoms with Crippen LogP contribution in [0.5, 0.6) is 0 Å². The molecule has 0 saturated heterocycles. The first kappa shape index (κ1) is 12.3. The lowest BCUT2D eigenvalue weighted by atomic mass is 10.2. The number of thiazole rings is 1. The van der Waals surface area contributed by atoms with E-state index in [1.54, 1.807) is 28.5 Å². The molecular formula is C12H14N4O2S. The Bertz CT molecular complexity index is 575. The molecule has 3 rings (SSSR count). The van der Waals surface area contributed by atoms with Crippen molar-refractivity contribution >= 4 is 17.3 Å². The van der Waals surface area contributed by atoms with Crippen LogP contribution >= 0.6 is 11.3 Å². The number of ether oxygens (including phenoxy) is 1. The summed E-state index contributed by atoms with van der Waals surface area (Å²) >= 11 is 1.55. The highest BCUT2D eigenvalue weighted by molar-refractivity contribution is 7.07. The fourth-order valence-electron chi connectivity index (χ4n) is 2.01. The van der Waals surface area contributed by atoms with Gasteiger partial charge < -0.3 is 4.74 Å². The summed E-state index contributed by atoms with van der Waals surface area (Å²) in [6.07, 6.45) is 2.16. The van der Waals surface area contributed by atoms with Crippen molar-refractivity contribution in [3.05, 3.63) is 28.0 Å². The van der Waals surface area contributed by atoms with Gasteiger partial charge in [0.05, 0.1) is 30.1 Å². The monoisotopic (exact) mass is 278 g/mol. The van der Waals surface area contributed by atoms with Crippen LogP contribution in [0.4, 0.5) is 0 Å². The van der Waals surface area contributed by atoms with Crippen molar-refractivity contribution in [3.63, 3.8) is 0 Å². The molecule has 1 aliphatic rings. The maximum Gasteiger partial charge on any atom is 0.360 e. The van der Waals surface area contributed by atoms with Gasteiger partial charge in [-0.1, -0.05) is 5.21 Å².